The van der Waals surface area contributed by atoms with Crippen LogP contribution >= 0.6 is 24.0 Å². The van der Waals surface area contributed by atoms with Gasteiger partial charge in [0.25, 0.3) is 0 Å². The van der Waals surface area contributed by atoms with E-state index >= 15 is 0 Å². The first-order valence-electron chi connectivity index (χ1n) is 9.01. The molecule has 7 heteroatoms. The van der Waals surface area contributed by atoms with Gasteiger partial charge in [-0.1, -0.05) is 6.42 Å². The number of aromatic nitrogens is 1. The van der Waals surface area contributed by atoms with Gasteiger partial charge in [-0.25, -0.2) is 0 Å². The van der Waals surface area contributed by atoms with Gasteiger partial charge in [0.1, 0.15) is 12.4 Å². The molecule has 2 heterocycles. The minimum absolute atomic E-state index is 0. The molecular weight excluding hydrogens is 429 g/mol. The van der Waals surface area contributed by atoms with Crippen molar-refractivity contribution in [2.45, 2.75) is 38.6 Å². The fourth-order valence-electron chi connectivity index (χ4n) is 2.97. The molecule has 1 fully saturated rings. The van der Waals surface area contributed by atoms with E-state index in [9.17, 15) is 0 Å². The van der Waals surface area contributed by atoms with Crippen molar-refractivity contribution in [1.29, 1.82) is 0 Å². The van der Waals surface area contributed by atoms with Crippen molar-refractivity contribution in [2.24, 2.45) is 4.99 Å². The number of ether oxygens (including phenoxy) is 1. The molecule has 0 aromatic carbocycles. The van der Waals surface area contributed by atoms with E-state index in [1.54, 1.807) is 19.4 Å². The van der Waals surface area contributed by atoms with Crippen LogP contribution in [-0.4, -0.2) is 61.7 Å². The Balaban J connectivity index is 0.00000312. The zero-order valence-corrected chi connectivity index (χ0v) is 17.7. The van der Waals surface area contributed by atoms with Crippen molar-refractivity contribution in [1.82, 2.24) is 20.5 Å². The summed E-state index contributed by atoms with van der Waals surface area (Å²) in [7, 11) is 1.80. The average Bonchev–Trinajstić information content (AvgIpc) is 2.62. The second kappa shape index (κ2) is 13.2. The minimum Gasteiger partial charge on any atom is -0.490 e. The second-order valence-corrected chi connectivity index (χ2v) is 6.20. The van der Waals surface area contributed by atoms with E-state index in [1.807, 2.05) is 12.1 Å². The summed E-state index contributed by atoms with van der Waals surface area (Å²) >= 11 is 0. The van der Waals surface area contributed by atoms with Crippen LogP contribution < -0.4 is 15.4 Å². The van der Waals surface area contributed by atoms with Crippen molar-refractivity contribution < 1.29 is 4.74 Å². The number of piperidine rings is 1. The molecule has 142 valence electrons. The molecule has 0 bridgehead atoms. The van der Waals surface area contributed by atoms with Gasteiger partial charge in [-0.2, -0.15) is 0 Å². The van der Waals surface area contributed by atoms with Gasteiger partial charge in [0.15, 0.2) is 5.96 Å². The highest BCUT2D eigenvalue weighted by molar-refractivity contribution is 14.0. The van der Waals surface area contributed by atoms with Gasteiger partial charge in [0.2, 0.25) is 0 Å². The van der Waals surface area contributed by atoms with E-state index in [4.69, 9.17) is 4.74 Å². The number of nitrogens with zero attached hydrogens (tertiary/aromatic N) is 3. The van der Waals surface area contributed by atoms with Crippen molar-refractivity contribution in [3.63, 3.8) is 0 Å². The predicted octanol–water partition coefficient (Wildman–Crippen LogP) is 2.51. The molecule has 1 atom stereocenters. The number of halogens is 1. The number of rotatable bonds is 8. The zero-order chi connectivity index (χ0) is 17.0. The molecule has 25 heavy (non-hydrogen) atoms. The maximum atomic E-state index is 5.60. The number of aliphatic imine (C=N–C) groups is 1. The molecule has 2 rings (SSSR count). The molecule has 6 nitrogen and oxygen atoms in total. The molecule has 0 amide bonds. The molecule has 0 aliphatic carbocycles. The largest absolute Gasteiger partial charge is 0.490 e. The SMILES string of the molecule is CN=C(NCCCN1CCCCC1C)NCCOc1cccnc1.I. The summed E-state index contributed by atoms with van der Waals surface area (Å²) in [5.41, 5.74) is 0. The van der Waals surface area contributed by atoms with Crippen LogP contribution in [0.2, 0.25) is 0 Å². The van der Waals surface area contributed by atoms with Gasteiger partial charge < -0.3 is 20.3 Å². The predicted molar refractivity (Wildman–Crippen MR) is 114 cm³/mol. The van der Waals surface area contributed by atoms with Gasteiger partial charge in [0.05, 0.1) is 12.7 Å². The quantitative estimate of drug-likeness (QED) is 0.270. The van der Waals surface area contributed by atoms with Gasteiger partial charge >= 0.3 is 0 Å². The van der Waals surface area contributed by atoms with Gasteiger partial charge in [-0.15, -0.1) is 24.0 Å². The van der Waals surface area contributed by atoms with E-state index in [0.29, 0.717) is 13.2 Å². The summed E-state index contributed by atoms with van der Waals surface area (Å²) in [6.07, 6.45) is 8.66. The lowest BCUT2D eigenvalue weighted by Gasteiger charge is -2.33. The maximum absolute atomic E-state index is 5.60. The minimum atomic E-state index is 0. The second-order valence-electron chi connectivity index (χ2n) is 6.20. The standard InChI is InChI=1S/C18H31N5O.HI/c1-16-7-3-4-12-23(16)13-6-10-21-18(19-2)22-11-14-24-17-8-5-9-20-15-17;/h5,8-9,15-16H,3-4,6-7,10-14H2,1-2H3,(H2,19,21,22);1H. The first-order valence-corrected chi connectivity index (χ1v) is 9.01. The van der Waals surface area contributed by atoms with Crippen LogP contribution in [0.25, 0.3) is 0 Å². The Morgan fingerprint density at radius 2 is 2.20 bits per heavy atom. The highest BCUT2D eigenvalue weighted by atomic mass is 127. The van der Waals surface area contributed by atoms with Crippen LogP contribution in [-0.2, 0) is 0 Å². The topological polar surface area (TPSA) is 61.8 Å². The van der Waals surface area contributed by atoms with Crippen molar-refractivity contribution in [2.75, 3.05) is 39.8 Å². The number of guanidine groups is 1. The van der Waals surface area contributed by atoms with Gasteiger partial charge in [-0.3, -0.25) is 9.98 Å². The number of hydrogen-bond acceptors (Lipinski definition) is 4. The number of hydrogen-bond donors (Lipinski definition) is 2. The molecule has 1 saturated heterocycles. The normalized spacial score (nSPS) is 18.3. The van der Waals surface area contributed by atoms with Crippen LogP contribution in [0.15, 0.2) is 29.5 Å². The van der Waals surface area contributed by atoms with Crippen molar-refractivity contribution in [3.05, 3.63) is 24.5 Å². The Bertz CT molecular complexity index is 486. The molecule has 0 radical (unpaired) electrons. The fraction of sp³-hybridized carbons (Fsp3) is 0.667. The molecule has 1 aliphatic heterocycles. The summed E-state index contributed by atoms with van der Waals surface area (Å²) in [5, 5.41) is 6.63. The Labute approximate surface area is 168 Å². The smallest absolute Gasteiger partial charge is 0.191 e. The number of pyridine rings is 1. The Morgan fingerprint density at radius 1 is 1.36 bits per heavy atom. The average molecular weight is 461 g/mol. The van der Waals surface area contributed by atoms with Crippen LogP contribution in [0.4, 0.5) is 0 Å². The van der Waals surface area contributed by atoms with E-state index in [0.717, 1.165) is 37.3 Å². The molecule has 2 N–H and O–H groups in total. The van der Waals surface area contributed by atoms with Crippen molar-refractivity contribution in [3.8, 4) is 5.75 Å². The molecule has 1 unspecified atom stereocenters. The first kappa shape index (κ1) is 22.0. The van der Waals surface area contributed by atoms with Crippen LogP contribution in [0.3, 0.4) is 0 Å². The molecule has 1 aliphatic rings. The zero-order valence-electron chi connectivity index (χ0n) is 15.4. The van der Waals surface area contributed by atoms with Crippen LogP contribution in [0.1, 0.15) is 32.6 Å². The molecular formula is C18H32IN5O. The Hall–Kier alpha value is -1.09. The number of nitrogens with one attached hydrogen (secondary N) is 2. The summed E-state index contributed by atoms with van der Waals surface area (Å²) in [5.74, 6) is 1.62. The van der Waals surface area contributed by atoms with E-state index in [1.165, 1.54) is 25.8 Å². The summed E-state index contributed by atoms with van der Waals surface area (Å²) in [6.45, 7) is 6.98. The highest BCUT2D eigenvalue weighted by Crippen LogP contribution is 2.15. The lowest BCUT2D eigenvalue weighted by Crippen LogP contribution is -2.42. The fourth-order valence-corrected chi connectivity index (χ4v) is 2.97. The third-order valence-electron chi connectivity index (χ3n) is 4.38. The Kier molecular flexibility index (Phi) is 11.6. The van der Waals surface area contributed by atoms with Crippen molar-refractivity contribution >= 4 is 29.9 Å². The van der Waals surface area contributed by atoms with Gasteiger partial charge in [0, 0.05) is 32.4 Å². The molecule has 1 aromatic rings. The monoisotopic (exact) mass is 461 g/mol. The lowest BCUT2D eigenvalue weighted by atomic mass is 10.0. The third-order valence-corrected chi connectivity index (χ3v) is 4.38. The van der Waals surface area contributed by atoms with E-state index in [2.05, 4.69) is 32.4 Å². The van der Waals surface area contributed by atoms with Crippen LogP contribution in [0.5, 0.6) is 5.75 Å². The third kappa shape index (κ3) is 8.71. The molecule has 0 spiro atoms. The molecule has 1 aromatic heterocycles. The lowest BCUT2D eigenvalue weighted by molar-refractivity contribution is 0.159. The molecule has 0 saturated carbocycles. The maximum Gasteiger partial charge on any atom is 0.191 e. The summed E-state index contributed by atoms with van der Waals surface area (Å²) in [4.78, 5) is 10.9. The van der Waals surface area contributed by atoms with E-state index in [-0.39, 0.29) is 24.0 Å². The summed E-state index contributed by atoms with van der Waals surface area (Å²) < 4.78 is 5.60. The van der Waals surface area contributed by atoms with Crippen LogP contribution in [0, 0.1) is 0 Å². The summed E-state index contributed by atoms with van der Waals surface area (Å²) in [6, 6.07) is 4.51. The van der Waals surface area contributed by atoms with E-state index < -0.39 is 0 Å². The number of likely N-dealkylation sites (tertiary alicyclic amines) is 1. The Morgan fingerprint density at radius 3 is 2.92 bits per heavy atom. The highest BCUT2D eigenvalue weighted by Gasteiger charge is 2.16. The first-order chi connectivity index (χ1) is 11.8. The van der Waals surface area contributed by atoms with Gasteiger partial charge in [-0.05, 0) is 44.9 Å².